The van der Waals surface area contributed by atoms with Gasteiger partial charge < -0.3 is 10.1 Å². The van der Waals surface area contributed by atoms with E-state index in [0.717, 1.165) is 37.3 Å². The fourth-order valence-corrected chi connectivity index (χ4v) is 2.85. The SMILES string of the molecule is CCOc1ccccc1C1CCC1CNCC(C)C. The lowest BCUT2D eigenvalue weighted by molar-refractivity contribution is 0.234. The normalized spacial score (nSPS) is 22.3. The maximum absolute atomic E-state index is 5.76. The highest BCUT2D eigenvalue weighted by Gasteiger charge is 2.33. The van der Waals surface area contributed by atoms with Crippen molar-refractivity contribution in [2.75, 3.05) is 19.7 Å². The van der Waals surface area contributed by atoms with Crippen LogP contribution >= 0.6 is 0 Å². The van der Waals surface area contributed by atoms with Crippen molar-refractivity contribution < 1.29 is 4.74 Å². The highest BCUT2D eigenvalue weighted by atomic mass is 16.5. The van der Waals surface area contributed by atoms with E-state index in [-0.39, 0.29) is 0 Å². The Balaban J connectivity index is 1.94. The Bertz CT molecular complexity index is 389. The Hall–Kier alpha value is -1.02. The molecule has 0 amide bonds. The lowest BCUT2D eigenvalue weighted by Gasteiger charge is -2.38. The van der Waals surface area contributed by atoms with Crippen LogP contribution in [0.15, 0.2) is 24.3 Å². The average molecular weight is 261 g/mol. The zero-order valence-corrected chi connectivity index (χ0v) is 12.5. The molecular formula is C17H27NO. The van der Waals surface area contributed by atoms with Gasteiger partial charge in [-0.1, -0.05) is 32.0 Å². The fraction of sp³-hybridized carbons (Fsp3) is 0.647. The Morgan fingerprint density at radius 2 is 2.05 bits per heavy atom. The number of rotatable bonds is 7. The zero-order valence-electron chi connectivity index (χ0n) is 12.5. The summed E-state index contributed by atoms with van der Waals surface area (Å²) < 4.78 is 5.76. The third kappa shape index (κ3) is 3.73. The average Bonchev–Trinajstić information content (AvgIpc) is 2.35. The molecule has 1 saturated carbocycles. The minimum absolute atomic E-state index is 0.683. The quantitative estimate of drug-likeness (QED) is 0.805. The van der Waals surface area contributed by atoms with Gasteiger partial charge in [0.05, 0.1) is 6.61 Å². The molecular weight excluding hydrogens is 234 g/mol. The minimum atomic E-state index is 0.683. The largest absolute Gasteiger partial charge is 0.494 e. The Morgan fingerprint density at radius 1 is 1.26 bits per heavy atom. The van der Waals surface area contributed by atoms with Crippen LogP contribution in [0.3, 0.4) is 0 Å². The van der Waals surface area contributed by atoms with Crippen molar-refractivity contribution in [3.8, 4) is 5.75 Å². The molecule has 106 valence electrons. The molecule has 1 N–H and O–H groups in total. The van der Waals surface area contributed by atoms with Gasteiger partial charge in [0.2, 0.25) is 0 Å². The fourth-order valence-electron chi connectivity index (χ4n) is 2.85. The highest BCUT2D eigenvalue weighted by Crippen LogP contribution is 2.45. The number of hydrogen-bond donors (Lipinski definition) is 1. The molecule has 0 bridgehead atoms. The summed E-state index contributed by atoms with van der Waals surface area (Å²) in [6.45, 7) is 9.59. The van der Waals surface area contributed by atoms with E-state index in [4.69, 9.17) is 4.74 Å². The molecule has 0 radical (unpaired) electrons. The monoisotopic (exact) mass is 261 g/mol. The third-order valence-electron chi connectivity index (χ3n) is 3.99. The first kappa shape index (κ1) is 14.4. The van der Waals surface area contributed by atoms with Crippen LogP contribution in [0.2, 0.25) is 0 Å². The van der Waals surface area contributed by atoms with Crippen LogP contribution in [-0.2, 0) is 0 Å². The molecule has 2 rings (SSSR count). The van der Waals surface area contributed by atoms with Gasteiger partial charge in [0.15, 0.2) is 0 Å². The van der Waals surface area contributed by atoms with Crippen LogP contribution < -0.4 is 10.1 Å². The molecule has 0 heterocycles. The molecule has 1 aliphatic rings. The van der Waals surface area contributed by atoms with Gasteiger partial charge in [-0.15, -0.1) is 0 Å². The molecule has 0 spiro atoms. The van der Waals surface area contributed by atoms with Gasteiger partial charge in [-0.25, -0.2) is 0 Å². The Labute approximate surface area is 117 Å². The molecule has 0 aliphatic heterocycles. The lowest BCUT2D eigenvalue weighted by Crippen LogP contribution is -2.35. The number of para-hydroxylation sites is 1. The number of nitrogens with one attached hydrogen (secondary N) is 1. The molecule has 2 nitrogen and oxygen atoms in total. The molecule has 2 unspecified atom stereocenters. The number of benzene rings is 1. The molecule has 1 aromatic rings. The molecule has 2 atom stereocenters. The van der Waals surface area contributed by atoms with E-state index < -0.39 is 0 Å². The van der Waals surface area contributed by atoms with E-state index in [1.54, 1.807) is 0 Å². The first-order valence-corrected chi connectivity index (χ1v) is 7.64. The van der Waals surface area contributed by atoms with Gasteiger partial charge in [-0.05, 0) is 62.2 Å². The van der Waals surface area contributed by atoms with Crippen LogP contribution in [0.25, 0.3) is 0 Å². The number of ether oxygens (including phenoxy) is 1. The van der Waals surface area contributed by atoms with Gasteiger partial charge in [0.25, 0.3) is 0 Å². The van der Waals surface area contributed by atoms with Crippen LogP contribution in [0.5, 0.6) is 5.75 Å². The number of hydrogen-bond acceptors (Lipinski definition) is 2. The minimum Gasteiger partial charge on any atom is -0.494 e. The highest BCUT2D eigenvalue weighted by molar-refractivity contribution is 5.38. The van der Waals surface area contributed by atoms with E-state index in [2.05, 4.69) is 50.4 Å². The van der Waals surface area contributed by atoms with Gasteiger partial charge in [0.1, 0.15) is 5.75 Å². The third-order valence-corrected chi connectivity index (χ3v) is 3.99. The molecule has 1 fully saturated rings. The zero-order chi connectivity index (χ0) is 13.7. The first-order chi connectivity index (χ1) is 9.22. The van der Waals surface area contributed by atoms with E-state index in [0.29, 0.717) is 5.92 Å². The van der Waals surface area contributed by atoms with Crippen molar-refractivity contribution >= 4 is 0 Å². The Morgan fingerprint density at radius 3 is 2.68 bits per heavy atom. The van der Waals surface area contributed by atoms with E-state index in [1.165, 1.54) is 18.4 Å². The van der Waals surface area contributed by atoms with E-state index >= 15 is 0 Å². The summed E-state index contributed by atoms with van der Waals surface area (Å²) >= 11 is 0. The van der Waals surface area contributed by atoms with Crippen LogP contribution in [-0.4, -0.2) is 19.7 Å². The lowest BCUT2D eigenvalue weighted by atomic mass is 9.69. The maximum Gasteiger partial charge on any atom is 0.122 e. The predicted octanol–water partition coefficient (Wildman–Crippen LogP) is 3.82. The van der Waals surface area contributed by atoms with Crippen molar-refractivity contribution in [3.05, 3.63) is 29.8 Å². The maximum atomic E-state index is 5.76. The standard InChI is InChI=1S/C17H27NO/c1-4-19-17-8-6-5-7-16(17)15-10-9-14(15)12-18-11-13(2)3/h5-8,13-15,18H,4,9-12H2,1-3H3. The molecule has 2 heteroatoms. The van der Waals surface area contributed by atoms with Crippen LogP contribution in [0.1, 0.15) is 45.1 Å². The summed E-state index contributed by atoms with van der Waals surface area (Å²) in [6.07, 6.45) is 2.65. The summed E-state index contributed by atoms with van der Waals surface area (Å²) in [5.41, 5.74) is 1.41. The molecule has 19 heavy (non-hydrogen) atoms. The van der Waals surface area contributed by atoms with Crippen molar-refractivity contribution in [3.63, 3.8) is 0 Å². The topological polar surface area (TPSA) is 21.3 Å². The van der Waals surface area contributed by atoms with Crippen LogP contribution in [0.4, 0.5) is 0 Å². The summed E-state index contributed by atoms with van der Waals surface area (Å²) in [5, 5.41) is 3.60. The van der Waals surface area contributed by atoms with Gasteiger partial charge >= 0.3 is 0 Å². The second kappa shape index (κ2) is 6.95. The van der Waals surface area contributed by atoms with Crippen molar-refractivity contribution in [1.82, 2.24) is 5.32 Å². The summed E-state index contributed by atoms with van der Waals surface area (Å²) in [4.78, 5) is 0. The summed E-state index contributed by atoms with van der Waals surface area (Å²) in [6, 6.07) is 8.55. The molecule has 1 aliphatic carbocycles. The van der Waals surface area contributed by atoms with E-state index in [1.807, 2.05) is 0 Å². The van der Waals surface area contributed by atoms with Crippen molar-refractivity contribution in [2.45, 2.75) is 39.5 Å². The molecule has 1 aromatic carbocycles. The summed E-state index contributed by atoms with van der Waals surface area (Å²) in [7, 11) is 0. The van der Waals surface area contributed by atoms with Crippen molar-refractivity contribution in [2.24, 2.45) is 11.8 Å². The second-order valence-electron chi connectivity index (χ2n) is 5.97. The Kier molecular flexibility index (Phi) is 5.26. The first-order valence-electron chi connectivity index (χ1n) is 7.64. The van der Waals surface area contributed by atoms with Crippen molar-refractivity contribution in [1.29, 1.82) is 0 Å². The van der Waals surface area contributed by atoms with Gasteiger partial charge in [0, 0.05) is 0 Å². The van der Waals surface area contributed by atoms with Gasteiger partial charge in [-0.2, -0.15) is 0 Å². The van der Waals surface area contributed by atoms with Gasteiger partial charge in [-0.3, -0.25) is 0 Å². The molecule has 0 aromatic heterocycles. The predicted molar refractivity (Wildman–Crippen MR) is 80.8 cm³/mol. The molecule has 0 saturated heterocycles. The second-order valence-corrected chi connectivity index (χ2v) is 5.97. The summed E-state index contributed by atoms with van der Waals surface area (Å²) in [5.74, 6) is 3.28. The van der Waals surface area contributed by atoms with E-state index in [9.17, 15) is 0 Å². The van der Waals surface area contributed by atoms with Crippen LogP contribution in [0, 0.1) is 11.8 Å². The smallest absolute Gasteiger partial charge is 0.122 e.